The van der Waals surface area contributed by atoms with Gasteiger partial charge < -0.3 is 10.2 Å². The number of amides is 2. The molecular weight excluding hydrogens is 390 g/mol. The molecule has 1 aromatic carbocycles. The number of piperidine rings is 1. The second-order valence-electron chi connectivity index (χ2n) is 8.06. The van der Waals surface area contributed by atoms with E-state index < -0.39 is 10.0 Å². The van der Waals surface area contributed by atoms with Crippen molar-refractivity contribution in [3.8, 4) is 0 Å². The molecule has 0 radical (unpaired) electrons. The molecule has 160 valence electrons. The number of anilines is 1. The van der Waals surface area contributed by atoms with Crippen molar-refractivity contribution in [3.63, 3.8) is 0 Å². The van der Waals surface area contributed by atoms with Gasteiger partial charge in [-0.15, -0.1) is 0 Å². The minimum absolute atomic E-state index is 0.0227. The number of sulfonamides is 1. The summed E-state index contributed by atoms with van der Waals surface area (Å²) in [5.74, 6) is -0.142. The van der Waals surface area contributed by atoms with Crippen LogP contribution in [0.1, 0.15) is 52.0 Å². The fraction of sp³-hybridized carbons (Fsp3) is 0.619. The molecule has 0 aromatic heterocycles. The molecule has 29 heavy (non-hydrogen) atoms. The smallest absolute Gasteiger partial charge is 0.243 e. The Kier molecular flexibility index (Phi) is 6.63. The minimum Gasteiger partial charge on any atom is -0.353 e. The van der Waals surface area contributed by atoms with Gasteiger partial charge in [-0.05, 0) is 62.8 Å². The summed E-state index contributed by atoms with van der Waals surface area (Å²) in [5.41, 5.74) is 1.71. The summed E-state index contributed by atoms with van der Waals surface area (Å²) in [5, 5.41) is 2.99. The quantitative estimate of drug-likeness (QED) is 0.790. The largest absolute Gasteiger partial charge is 0.353 e. The predicted molar refractivity (Wildman–Crippen MR) is 112 cm³/mol. The van der Waals surface area contributed by atoms with Gasteiger partial charge in [-0.25, -0.2) is 8.42 Å². The number of carbonyl (C=O) groups excluding carboxylic acids is 2. The van der Waals surface area contributed by atoms with Crippen molar-refractivity contribution in [3.05, 3.63) is 23.8 Å². The van der Waals surface area contributed by atoms with E-state index in [-0.39, 0.29) is 28.7 Å². The summed E-state index contributed by atoms with van der Waals surface area (Å²) >= 11 is 0. The van der Waals surface area contributed by atoms with E-state index in [1.807, 2.05) is 13.8 Å². The van der Waals surface area contributed by atoms with Crippen LogP contribution in [0.2, 0.25) is 0 Å². The van der Waals surface area contributed by atoms with Gasteiger partial charge in [0.1, 0.15) is 0 Å². The Balaban J connectivity index is 1.71. The molecule has 0 unspecified atom stereocenters. The van der Waals surface area contributed by atoms with E-state index in [2.05, 4.69) is 5.32 Å². The second kappa shape index (κ2) is 8.83. The third kappa shape index (κ3) is 4.64. The van der Waals surface area contributed by atoms with E-state index in [0.717, 1.165) is 30.5 Å². The van der Waals surface area contributed by atoms with E-state index in [1.165, 1.54) is 11.2 Å². The van der Waals surface area contributed by atoms with E-state index >= 15 is 0 Å². The number of fused-ring (bicyclic) bond motifs is 1. The van der Waals surface area contributed by atoms with Crippen LogP contribution in [0.5, 0.6) is 0 Å². The molecule has 3 rings (SSSR count). The normalized spacial score (nSPS) is 19.5. The van der Waals surface area contributed by atoms with Crippen LogP contribution in [0.25, 0.3) is 0 Å². The first-order valence-corrected chi connectivity index (χ1v) is 11.9. The highest BCUT2D eigenvalue weighted by molar-refractivity contribution is 7.89. The maximum absolute atomic E-state index is 13.1. The molecule has 0 spiro atoms. The monoisotopic (exact) mass is 421 g/mol. The standard InChI is InChI=1S/C21H31N3O4S/c1-4-15(2)22-21(26)17-9-12-23(13-10-17)29(27,28)19-7-8-20-18(14-19)6-5-11-24(20)16(3)25/h7-8,14-15,17H,4-6,9-13H2,1-3H3,(H,22,26)/t15-/m1/s1. The molecule has 0 saturated carbocycles. The molecule has 1 atom stereocenters. The highest BCUT2D eigenvalue weighted by atomic mass is 32.2. The van der Waals surface area contributed by atoms with Crippen molar-refractivity contribution in [2.24, 2.45) is 5.92 Å². The molecule has 1 N–H and O–H groups in total. The first-order valence-electron chi connectivity index (χ1n) is 10.5. The van der Waals surface area contributed by atoms with Crippen LogP contribution in [0.15, 0.2) is 23.1 Å². The Labute approximate surface area is 173 Å². The van der Waals surface area contributed by atoms with Crippen LogP contribution >= 0.6 is 0 Å². The molecule has 1 saturated heterocycles. The van der Waals surface area contributed by atoms with Crippen molar-refractivity contribution in [1.82, 2.24) is 9.62 Å². The maximum atomic E-state index is 13.1. The number of benzene rings is 1. The van der Waals surface area contributed by atoms with Gasteiger partial charge in [-0.3, -0.25) is 9.59 Å². The molecule has 1 fully saturated rings. The summed E-state index contributed by atoms with van der Waals surface area (Å²) in [6.45, 7) is 6.88. The van der Waals surface area contributed by atoms with Crippen LogP contribution < -0.4 is 10.2 Å². The van der Waals surface area contributed by atoms with E-state index in [1.54, 1.807) is 23.1 Å². The van der Waals surface area contributed by atoms with Gasteiger partial charge in [0.05, 0.1) is 4.90 Å². The minimum atomic E-state index is -3.61. The van der Waals surface area contributed by atoms with Crippen LogP contribution in [0, 0.1) is 5.92 Å². The number of hydrogen-bond donors (Lipinski definition) is 1. The summed E-state index contributed by atoms with van der Waals surface area (Å²) in [7, 11) is -3.61. The Morgan fingerprint density at radius 1 is 1.21 bits per heavy atom. The molecule has 8 heteroatoms. The zero-order valence-corrected chi connectivity index (χ0v) is 18.3. The SMILES string of the molecule is CC[C@@H](C)NC(=O)C1CCN(S(=O)(=O)c2ccc3c(c2)CCCN3C(C)=O)CC1. The molecular formula is C21H31N3O4S. The Morgan fingerprint density at radius 2 is 1.90 bits per heavy atom. The summed E-state index contributed by atoms with van der Waals surface area (Å²) in [4.78, 5) is 26.1. The first-order chi connectivity index (χ1) is 13.7. The van der Waals surface area contributed by atoms with Crippen molar-refractivity contribution in [2.75, 3.05) is 24.5 Å². The van der Waals surface area contributed by atoms with E-state index in [4.69, 9.17) is 0 Å². The van der Waals surface area contributed by atoms with Gasteiger partial charge in [0, 0.05) is 44.2 Å². The summed E-state index contributed by atoms with van der Waals surface area (Å²) in [6, 6.07) is 5.18. The van der Waals surface area contributed by atoms with Crippen molar-refractivity contribution in [2.45, 2.75) is 63.8 Å². The number of nitrogens with one attached hydrogen (secondary N) is 1. The fourth-order valence-electron chi connectivity index (χ4n) is 4.03. The fourth-order valence-corrected chi connectivity index (χ4v) is 5.55. The van der Waals surface area contributed by atoms with Gasteiger partial charge in [0.15, 0.2) is 0 Å². The maximum Gasteiger partial charge on any atom is 0.243 e. The Bertz CT molecular complexity index is 876. The van der Waals surface area contributed by atoms with Crippen LogP contribution in [-0.4, -0.2) is 50.2 Å². The molecule has 2 aliphatic rings. The van der Waals surface area contributed by atoms with Crippen molar-refractivity contribution in [1.29, 1.82) is 0 Å². The van der Waals surface area contributed by atoms with Gasteiger partial charge in [-0.1, -0.05) is 6.92 Å². The third-order valence-corrected chi connectivity index (χ3v) is 7.91. The number of rotatable bonds is 5. The molecule has 0 bridgehead atoms. The van der Waals surface area contributed by atoms with Gasteiger partial charge in [-0.2, -0.15) is 4.31 Å². The lowest BCUT2D eigenvalue weighted by molar-refractivity contribution is -0.126. The van der Waals surface area contributed by atoms with E-state index in [9.17, 15) is 18.0 Å². The van der Waals surface area contributed by atoms with Gasteiger partial charge in [0.2, 0.25) is 21.8 Å². The Hall–Kier alpha value is -1.93. The molecule has 2 aliphatic heterocycles. The summed E-state index contributed by atoms with van der Waals surface area (Å²) < 4.78 is 27.7. The highest BCUT2D eigenvalue weighted by Gasteiger charge is 2.33. The zero-order valence-electron chi connectivity index (χ0n) is 17.5. The Morgan fingerprint density at radius 3 is 2.52 bits per heavy atom. The molecule has 2 amide bonds. The van der Waals surface area contributed by atoms with Crippen LogP contribution in [0.3, 0.4) is 0 Å². The predicted octanol–water partition coefficient (Wildman–Crippen LogP) is 2.30. The molecule has 1 aromatic rings. The molecule has 2 heterocycles. The lowest BCUT2D eigenvalue weighted by Gasteiger charge is -2.32. The average molecular weight is 422 g/mol. The topological polar surface area (TPSA) is 86.8 Å². The van der Waals surface area contributed by atoms with Crippen molar-refractivity contribution < 1.29 is 18.0 Å². The number of aryl methyl sites for hydroxylation is 1. The second-order valence-corrected chi connectivity index (χ2v) is 10.00. The lowest BCUT2D eigenvalue weighted by atomic mass is 9.97. The van der Waals surface area contributed by atoms with Gasteiger partial charge >= 0.3 is 0 Å². The third-order valence-electron chi connectivity index (χ3n) is 6.01. The van der Waals surface area contributed by atoms with Crippen molar-refractivity contribution >= 4 is 27.5 Å². The first kappa shape index (κ1) is 21.8. The lowest BCUT2D eigenvalue weighted by Crippen LogP contribution is -2.44. The van der Waals surface area contributed by atoms with Crippen LogP contribution in [0.4, 0.5) is 5.69 Å². The zero-order chi connectivity index (χ0) is 21.2. The molecule has 0 aliphatic carbocycles. The molecule has 7 nitrogen and oxygen atoms in total. The number of hydrogen-bond acceptors (Lipinski definition) is 4. The van der Waals surface area contributed by atoms with E-state index in [0.29, 0.717) is 32.5 Å². The summed E-state index contributed by atoms with van der Waals surface area (Å²) in [6.07, 6.45) is 3.53. The van der Waals surface area contributed by atoms with Gasteiger partial charge in [0.25, 0.3) is 0 Å². The highest BCUT2D eigenvalue weighted by Crippen LogP contribution is 2.31. The number of nitrogens with zero attached hydrogens (tertiary/aromatic N) is 2. The number of carbonyl (C=O) groups is 2. The van der Waals surface area contributed by atoms with Crippen LogP contribution in [-0.2, 0) is 26.0 Å². The average Bonchev–Trinajstić information content (AvgIpc) is 2.72.